The number of nitrogens with zero attached hydrogens (tertiary/aromatic N) is 2. The van der Waals surface area contributed by atoms with Crippen LogP contribution in [0, 0.1) is 5.92 Å². The van der Waals surface area contributed by atoms with E-state index < -0.39 is 5.91 Å². The summed E-state index contributed by atoms with van der Waals surface area (Å²) in [5, 5.41) is 3.27. The molecule has 2 heterocycles. The maximum absolute atomic E-state index is 11.3. The van der Waals surface area contributed by atoms with Crippen LogP contribution >= 0.6 is 0 Å². The first-order valence-corrected chi connectivity index (χ1v) is 6.87. The van der Waals surface area contributed by atoms with E-state index in [1.165, 1.54) is 32.1 Å². The molecule has 1 saturated heterocycles. The van der Waals surface area contributed by atoms with Gasteiger partial charge in [-0.25, -0.2) is 0 Å². The van der Waals surface area contributed by atoms with Crippen LogP contribution in [0.2, 0.25) is 0 Å². The highest BCUT2D eigenvalue weighted by Gasteiger charge is 2.15. The Morgan fingerprint density at radius 1 is 1.53 bits per heavy atom. The van der Waals surface area contributed by atoms with Crippen molar-refractivity contribution in [2.24, 2.45) is 11.7 Å². The number of hydrogen-bond acceptors (Lipinski definition) is 4. The number of carbonyl (C=O) groups excluding carboxylic acids is 1. The van der Waals surface area contributed by atoms with Crippen LogP contribution in [0.5, 0.6) is 0 Å². The fourth-order valence-corrected chi connectivity index (χ4v) is 2.38. The Kier molecular flexibility index (Phi) is 4.74. The molecule has 0 bridgehead atoms. The Labute approximate surface area is 114 Å². The summed E-state index contributed by atoms with van der Waals surface area (Å²) in [4.78, 5) is 17.6. The van der Waals surface area contributed by atoms with Crippen LogP contribution in [0.4, 0.5) is 5.69 Å². The Hall–Kier alpha value is -1.62. The third kappa shape index (κ3) is 3.92. The SMILES string of the molecule is CC1CCN(CCNc2ccncc2C(N)=O)CC1. The summed E-state index contributed by atoms with van der Waals surface area (Å²) in [5.74, 6) is 0.410. The monoisotopic (exact) mass is 262 g/mol. The number of anilines is 1. The minimum Gasteiger partial charge on any atom is -0.383 e. The van der Waals surface area contributed by atoms with Crippen molar-refractivity contribution >= 4 is 11.6 Å². The molecule has 5 heteroatoms. The maximum Gasteiger partial charge on any atom is 0.252 e. The quantitative estimate of drug-likeness (QED) is 0.839. The van der Waals surface area contributed by atoms with E-state index in [1.54, 1.807) is 12.3 Å². The molecular formula is C14H22N4O. The second-order valence-corrected chi connectivity index (χ2v) is 5.24. The van der Waals surface area contributed by atoms with Crippen molar-refractivity contribution in [1.29, 1.82) is 0 Å². The van der Waals surface area contributed by atoms with Crippen molar-refractivity contribution in [3.63, 3.8) is 0 Å². The van der Waals surface area contributed by atoms with Gasteiger partial charge in [0.05, 0.1) is 11.3 Å². The minimum absolute atomic E-state index is 0.442. The molecule has 104 valence electrons. The first kappa shape index (κ1) is 13.8. The van der Waals surface area contributed by atoms with Crippen molar-refractivity contribution in [2.75, 3.05) is 31.5 Å². The number of likely N-dealkylation sites (tertiary alicyclic amines) is 1. The zero-order valence-corrected chi connectivity index (χ0v) is 11.4. The van der Waals surface area contributed by atoms with Gasteiger partial charge >= 0.3 is 0 Å². The predicted octanol–water partition coefficient (Wildman–Crippen LogP) is 1.32. The number of pyridine rings is 1. The van der Waals surface area contributed by atoms with Crippen molar-refractivity contribution < 1.29 is 4.79 Å². The van der Waals surface area contributed by atoms with Crippen LogP contribution in [-0.4, -0.2) is 42.0 Å². The van der Waals surface area contributed by atoms with Gasteiger partial charge in [0, 0.05) is 25.5 Å². The van der Waals surface area contributed by atoms with Crippen LogP contribution < -0.4 is 11.1 Å². The van der Waals surface area contributed by atoms with E-state index in [-0.39, 0.29) is 0 Å². The lowest BCUT2D eigenvalue weighted by atomic mass is 9.99. The average Bonchev–Trinajstić information content (AvgIpc) is 2.41. The molecule has 1 aromatic rings. The van der Waals surface area contributed by atoms with E-state index in [9.17, 15) is 4.79 Å². The number of piperidine rings is 1. The second kappa shape index (κ2) is 6.52. The molecule has 5 nitrogen and oxygen atoms in total. The third-order valence-electron chi connectivity index (χ3n) is 3.71. The molecule has 0 spiro atoms. The van der Waals surface area contributed by atoms with E-state index >= 15 is 0 Å². The standard InChI is InChI=1S/C14H22N4O/c1-11-3-7-18(8-4-11)9-6-17-13-2-5-16-10-12(13)14(15)19/h2,5,10-11H,3-4,6-9H2,1H3,(H2,15,19)(H,16,17). The van der Waals surface area contributed by atoms with E-state index in [0.29, 0.717) is 5.56 Å². The molecule has 0 atom stereocenters. The third-order valence-corrected chi connectivity index (χ3v) is 3.71. The van der Waals surface area contributed by atoms with Gasteiger partial charge in [-0.05, 0) is 37.9 Å². The van der Waals surface area contributed by atoms with Crippen molar-refractivity contribution in [2.45, 2.75) is 19.8 Å². The summed E-state index contributed by atoms with van der Waals surface area (Å²) in [5.41, 5.74) is 6.54. The number of amides is 1. The highest BCUT2D eigenvalue weighted by atomic mass is 16.1. The molecule has 19 heavy (non-hydrogen) atoms. The highest BCUT2D eigenvalue weighted by Crippen LogP contribution is 2.16. The largest absolute Gasteiger partial charge is 0.383 e. The van der Waals surface area contributed by atoms with Gasteiger partial charge in [0.2, 0.25) is 0 Å². The lowest BCUT2D eigenvalue weighted by Crippen LogP contribution is -2.36. The van der Waals surface area contributed by atoms with Crippen molar-refractivity contribution in [1.82, 2.24) is 9.88 Å². The van der Waals surface area contributed by atoms with Crippen LogP contribution in [0.25, 0.3) is 0 Å². The zero-order chi connectivity index (χ0) is 13.7. The van der Waals surface area contributed by atoms with Gasteiger partial charge in [0.15, 0.2) is 0 Å². The number of rotatable bonds is 5. The number of nitrogens with one attached hydrogen (secondary N) is 1. The normalized spacial score (nSPS) is 17.3. The lowest BCUT2D eigenvalue weighted by Gasteiger charge is -2.30. The van der Waals surface area contributed by atoms with Gasteiger partial charge in [0.1, 0.15) is 0 Å². The molecule has 1 amide bonds. The number of primary amides is 1. The molecule has 1 aliphatic rings. The second-order valence-electron chi connectivity index (χ2n) is 5.24. The van der Waals surface area contributed by atoms with Crippen molar-refractivity contribution in [3.05, 3.63) is 24.0 Å². The topological polar surface area (TPSA) is 71.2 Å². The molecule has 0 aromatic carbocycles. The molecule has 0 radical (unpaired) electrons. The lowest BCUT2D eigenvalue weighted by molar-refractivity contribution is 0.100. The summed E-state index contributed by atoms with van der Waals surface area (Å²) in [6, 6.07) is 1.79. The van der Waals surface area contributed by atoms with Crippen LogP contribution in [0.3, 0.4) is 0 Å². The fraction of sp³-hybridized carbons (Fsp3) is 0.571. The smallest absolute Gasteiger partial charge is 0.252 e. The molecule has 2 rings (SSSR count). The molecule has 1 aromatic heterocycles. The van der Waals surface area contributed by atoms with Gasteiger partial charge in [-0.1, -0.05) is 6.92 Å². The summed E-state index contributed by atoms with van der Waals surface area (Å²) in [6.45, 7) is 6.46. The summed E-state index contributed by atoms with van der Waals surface area (Å²) in [7, 11) is 0. The number of nitrogens with two attached hydrogens (primary N) is 1. The Morgan fingerprint density at radius 2 is 2.26 bits per heavy atom. The van der Waals surface area contributed by atoms with Crippen LogP contribution in [-0.2, 0) is 0 Å². The number of aromatic nitrogens is 1. The van der Waals surface area contributed by atoms with Gasteiger partial charge in [0.25, 0.3) is 5.91 Å². The average molecular weight is 262 g/mol. The molecular weight excluding hydrogens is 240 g/mol. The van der Waals surface area contributed by atoms with E-state index in [1.807, 2.05) is 0 Å². The summed E-state index contributed by atoms with van der Waals surface area (Å²) < 4.78 is 0. The van der Waals surface area contributed by atoms with E-state index in [0.717, 1.165) is 24.7 Å². The first-order valence-electron chi connectivity index (χ1n) is 6.87. The Morgan fingerprint density at radius 3 is 2.95 bits per heavy atom. The molecule has 1 fully saturated rings. The van der Waals surface area contributed by atoms with Gasteiger partial charge < -0.3 is 16.0 Å². The van der Waals surface area contributed by atoms with Crippen LogP contribution in [0.1, 0.15) is 30.1 Å². The molecule has 1 aliphatic heterocycles. The van der Waals surface area contributed by atoms with E-state index in [2.05, 4.69) is 22.1 Å². The summed E-state index contributed by atoms with van der Waals surface area (Å²) in [6.07, 6.45) is 5.73. The summed E-state index contributed by atoms with van der Waals surface area (Å²) >= 11 is 0. The van der Waals surface area contributed by atoms with Crippen molar-refractivity contribution in [3.8, 4) is 0 Å². The predicted molar refractivity (Wildman–Crippen MR) is 76.1 cm³/mol. The highest BCUT2D eigenvalue weighted by molar-refractivity contribution is 5.98. The van der Waals surface area contributed by atoms with Gasteiger partial charge in [-0.3, -0.25) is 9.78 Å². The first-order chi connectivity index (χ1) is 9.16. The fourth-order valence-electron chi connectivity index (χ4n) is 2.38. The number of hydrogen-bond donors (Lipinski definition) is 2. The maximum atomic E-state index is 11.3. The van der Waals surface area contributed by atoms with E-state index in [4.69, 9.17) is 5.73 Å². The molecule has 0 saturated carbocycles. The van der Waals surface area contributed by atoms with Gasteiger partial charge in [-0.2, -0.15) is 0 Å². The molecule has 0 aliphatic carbocycles. The zero-order valence-electron chi connectivity index (χ0n) is 11.4. The minimum atomic E-state index is -0.442. The van der Waals surface area contributed by atoms with Gasteiger partial charge in [-0.15, -0.1) is 0 Å². The Bertz CT molecular complexity index is 427. The number of carbonyl (C=O) groups is 1. The van der Waals surface area contributed by atoms with Crippen LogP contribution in [0.15, 0.2) is 18.5 Å². The molecule has 3 N–H and O–H groups in total. The Balaban J connectivity index is 1.81. The molecule has 0 unspecified atom stereocenters.